The van der Waals surface area contributed by atoms with Crippen molar-refractivity contribution < 1.29 is 43.4 Å². The molecule has 0 unspecified atom stereocenters. The monoisotopic (exact) mass is 695 g/mol. The SMILES string of the molecule is CC[C@H](C)[C@H](NC(=O)[C@H](C(C)C)N(C)C(=O)CCc1ccccc1)C(=O)N[C@@H](CC(N)=O)C(=O)N[C@@H](CC(=O)OCc1ccccc1)C(=O)O. The van der Waals surface area contributed by atoms with Crippen molar-refractivity contribution in [1.29, 1.82) is 0 Å². The lowest BCUT2D eigenvalue weighted by molar-refractivity contribution is -0.151. The van der Waals surface area contributed by atoms with E-state index in [-0.39, 0.29) is 24.9 Å². The Morgan fingerprint density at radius 3 is 1.86 bits per heavy atom. The Hall–Kier alpha value is -5.27. The minimum atomic E-state index is -1.75. The van der Waals surface area contributed by atoms with Gasteiger partial charge in [-0.1, -0.05) is 94.8 Å². The molecule has 6 N–H and O–H groups in total. The van der Waals surface area contributed by atoms with E-state index in [4.69, 9.17) is 10.5 Å². The highest BCUT2D eigenvalue weighted by Gasteiger charge is 2.36. The number of aliphatic carboxylic acids is 1. The molecule has 2 aromatic carbocycles. The molecule has 0 saturated heterocycles. The Morgan fingerprint density at radius 2 is 1.34 bits per heavy atom. The van der Waals surface area contributed by atoms with Crippen LogP contribution in [0, 0.1) is 11.8 Å². The second-order valence-corrected chi connectivity index (χ2v) is 12.5. The smallest absolute Gasteiger partial charge is 0.326 e. The Balaban J connectivity index is 2.15. The first-order chi connectivity index (χ1) is 23.6. The van der Waals surface area contributed by atoms with Gasteiger partial charge in [0.05, 0.1) is 12.8 Å². The van der Waals surface area contributed by atoms with Gasteiger partial charge in [-0.3, -0.25) is 28.8 Å². The van der Waals surface area contributed by atoms with Gasteiger partial charge in [-0.25, -0.2) is 4.79 Å². The first kappa shape index (κ1) is 40.9. The molecular weight excluding hydrogens is 646 g/mol. The van der Waals surface area contributed by atoms with Crippen LogP contribution >= 0.6 is 0 Å². The fourth-order valence-corrected chi connectivity index (χ4v) is 5.20. The number of amides is 5. The van der Waals surface area contributed by atoms with E-state index in [2.05, 4.69) is 16.0 Å². The fourth-order valence-electron chi connectivity index (χ4n) is 5.20. The molecule has 0 aliphatic rings. The van der Waals surface area contributed by atoms with Crippen LogP contribution in [0.2, 0.25) is 0 Å². The Labute approximate surface area is 292 Å². The first-order valence-electron chi connectivity index (χ1n) is 16.6. The van der Waals surface area contributed by atoms with Crippen molar-refractivity contribution in [2.24, 2.45) is 17.6 Å². The third-order valence-corrected chi connectivity index (χ3v) is 8.24. The number of ether oxygens (including phenoxy) is 1. The Morgan fingerprint density at radius 1 is 0.780 bits per heavy atom. The molecule has 2 aromatic rings. The minimum Gasteiger partial charge on any atom is -0.480 e. The number of benzene rings is 2. The molecule has 0 saturated carbocycles. The van der Waals surface area contributed by atoms with Crippen LogP contribution in [0.25, 0.3) is 0 Å². The van der Waals surface area contributed by atoms with Gasteiger partial charge in [0.15, 0.2) is 0 Å². The Kier molecular flexibility index (Phi) is 16.6. The molecule has 0 spiro atoms. The summed E-state index contributed by atoms with van der Waals surface area (Å²) in [6.07, 6.45) is -0.356. The second-order valence-electron chi connectivity index (χ2n) is 12.5. The lowest BCUT2D eigenvalue weighted by atomic mass is 9.95. The molecule has 272 valence electrons. The molecule has 5 amide bonds. The highest BCUT2D eigenvalue weighted by Crippen LogP contribution is 2.16. The standard InChI is InChI=1S/C36H49N5O9/c1-6-23(4)31(40-35(47)32(22(2)3)41(5)29(43)18-17-24-13-9-7-10-14-24)34(46)38-26(19-28(37)42)33(45)39-27(36(48)49)20-30(44)50-21-25-15-11-8-12-16-25/h7-16,22-23,26-27,31-32H,6,17-21H2,1-5H3,(H2,37,42)(H,38,46)(H,39,45)(H,40,47)(H,48,49)/t23-,26-,27-,31-,32-/m0/s1. The predicted octanol–water partition coefficient (Wildman–Crippen LogP) is 1.70. The van der Waals surface area contributed by atoms with E-state index in [1.807, 2.05) is 30.3 Å². The molecule has 0 aromatic heterocycles. The van der Waals surface area contributed by atoms with Crippen molar-refractivity contribution in [2.45, 2.75) is 90.6 Å². The summed E-state index contributed by atoms with van der Waals surface area (Å²) in [4.78, 5) is 91.2. The first-order valence-corrected chi connectivity index (χ1v) is 16.6. The van der Waals surface area contributed by atoms with Crippen LogP contribution in [0.1, 0.15) is 64.5 Å². The van der Waals surface area contributed by atoms with Gasteiger partial charge >= 0.3 is 11.9 Å². The molecule has 5 atom stereocenters. The highest BCUT2D eigenvalue weighted by atomic mass is 16.5. The van der Waals surface area contributed by atoms with Crippen LogP contribution in [-0.4, -0.2) is 82.7 Å². The highest BCUT2D eigenvalue weighted by molar-refractivity contribution is 5.97. The number of hydrogen-bond acceptors (Lipinski definition) is 8. The zero-order valence-corrected chi connectivity index (χ0v) is 29.2. The molecule has 0 bridgehead atoms. The lowest BCUT2D eigenvalue weighted by Crippen LogP contribution is -2.60. The quantitative estimate of drug-likeness (QED) is 0.127. The van der Waals surface area contributed by atoms with Crippen LogP contribution in [0.4, 0.5) is 0 Å². The summed E-state index contributed by atoms with van der Waals surface area (Å²) in [5, 5.41) is 17.0. The number of carboxylic acids is 1. The number of nitrogens with two attached hydrogens (primary N) is 1. The van der Waals surface area contributed by atoms with E-state index >= 15 is 0 Å². The maximum Gasteiger partial charge on any atom is 0.326 e. The van der Waals surface area contributed by atoms with Gasteiger partial charge in [0.25, 0.3) is 0 Å². The summed E-state index contributed by atoms with van der Waals surface area (Å²) in [5.74, 6) is -6.99. The summed E-state index contributed by atoms with van der Waals surface area (Å²) >= 11 is 0. The van der Waals surface area contributed by atoms with Gasteiger partial charge in [0.2, 0.25) is 29.5 Å². The number of hydrogen-bond donors (Lipinski definition) is 5. The maximum atomic E-state index is 13.7. The van der Waals surface area contributed by atoms with E-state index in [1.54, 1.807) is 58.0 Å². The topological polar surface area (TPSA) is 214 Å². The van der Waals surface area contributed by atoms with Crippen LogP contribution in [-0.2, 0) is 51.3 Å². The average molecular weight is 696 g/mol. The molecule has 0 radical (unpaired) electrons. The molecular formula is C36H49N5O9. The number of carboxylic acid groups (broad SMARTS) is 1. The van der Waals surface area contributed by atoms with E-state index in [9.17, 15) is 38.7 Å². The normalized spacial score (nSPS) is 13.9. The maximum absolute atomic E-state index is 13.7. The van der Waals surface area contributed by atoms with E-state index in [1.165, 1.54) is 11.9 Å². The average Bonchev–Trinajstić information content (AvgIpc) is 3.08. The van der Waals surface area contributed by atoms with Crippen molar-refractivity contribution in [1.82, 2.24) is 20.9 Å². The second kappa shape index (κ2) is 20.3. The number of likely N-dealkylation sites (N-methyl/N-ethyl adjacent to an activating group) is 1. The summed E-state index contributed by atoms with van der Waals surface area (Å²) in [6.45, 7) is 6.92. The van der Waals surface area contributed by atoms with Crippen molar-refractivity contribution in [3.8, 4) is 0 Å². The summed E-state index contributed by atoms with van der Waals surface area (Å²) in [6, 6.07) is 12.6. The Bertz CT molecular complexity index is 1470. The zero-order chi connectivity index (χ0) is 37.4. The van der Waals surface area contributed by atoms with Gasteiger partial charge in [-0.2, -0.15) is 0 Å². The number of carbonyl (C=O) groups excluding carboxylic acids is 6. The molecule has 2 rings (SSSR count). The van der Waals surface area contributed by atoms with Crippen molar-refractivity contribution in [3.63, 3.8) is 0 Å². The van der Waals surface area contributed by atoms with Crippen LogP contribution < -0.4 is 21.7 Å². The number of nitrogens with one attached hydrogen (secondary N) is 3. The third kappa shape index (κ3) is 13.3. The lowest BCUT2D eigenvalue weighted by Gasteiger charge is -2.33. The van der Waals surface area contributed by atoms with Crippen molar-refractivity contribution >= 4 is 41.5 Å². The zero-order valence-electron chi connectivity index (χ0n) is 29.2. The number of nitrogens with zero attached hydrogens (tertiary/aromatic N) is 1. The minimum absolute atomic E-state index is 0.113. The molecule has 0 aliphatic heterocycles. The number of rotatable bonds is 20. The van der Waals surface area contributed by atoms with E-state index < -0.39 is 78.5 Å². The summed E-state index contributed by atoms with van der Waals surface area (Å²) in [5.41, 5.74) is 6.99. The summed E-state index contributed by atoms with van der Waals surface area (Å²) in [7, 11) is 1.53. The molecule has 0 heterocycles. The largest absolute Gasteiger partial charge is 0.480 e. The molecule has 14 heteroatoms. The van der Waals surface area contributed by atoms with Crippen LogP contribution in [0.5, 0.6) is 0 Å². The number of aryl methyl sites for hydroxylation is 1. The molecule has 0 aliphatic carbocycles. The van der Waals surface area contributed by atoms with Crippen molar-refractivity contribution in [3.05, 3.63) is 71.8 Å². The fraction of sp³-hybridized carbons (Fsp3) is 0.472. The predicted molar refractivity (Wildman–Crippen MR) is 184 cm³/mol. The van der Waals surface area contributed by atoms with Gasteiger partial charge in [0.1, 0.15) is 30.8 Å². The molecule has 14 nitrogen and oxygen atoms in total. The van der Waals surface area contributed by atoms with E-state index in [0.717, 1.165) is 5.56 Å². The van der Waals surface area contributed by atoms with Gasteiger partial charge < -0.3 is 36.4 Å². The number of primary amides is 1. The van der Waals surface area contributed by atoms with Crippen LogP contribution in [0.15, 0.2) is 60.7 Å². The van der Waals surface area contributed by atoms with E-state index in [0.29, 0.717) is 18.4 Å². The molecule has 0 fully saturated rings. The molecule has 50 heavy (non-hydrogen) atoms. The number of carbonyl (C=O) groups is 7. The third-order valence-electron chi connectivity index (χ3n) is 8.24. The van der Waals surface area contributed by atoms with Crippen LogP contribution in [0.3, 0.4) is 0 Å². The number of esters is 1. The van der Waals surface area contributed by atoms with Gasteiger partial charge in [0, 0.05) is 13.5 Å². The van der Waals surface area contributed by atoms with Crippen molar-refractivity contribution in [2.75, 3.05) is 7.05 Å². The van der Waals surface area contributed by atoms with Gasteiger partial charge in [-0.05, 0) is 29.4 Å². The van der Waals surface area contributed by atoms with Gasteiger partial charge in [-0.15, -0.1) is 0 Å². The summed E-state index contributed by atoms with van der Waals surface area (Å²) < 4.78 is 5.13.